The fourth-order valence-corrected chi connectivity index (χ4v) is 1.70. The van der Waals surface area contributed by atoms with E-state index in [2.05, 4.69) is 0 Å². The molecule has 1 atom stereocenters. The Bertz CT molecular complexity index is 406. The maximum Gasteiger partial charge on any atom is 0.262 e. The summed E-state index contributed by atoms with van der Waals surface area (Å²) in [5.41, 5.74) is 1.90. The Morgan fingerprint density at radius 1 is 1.29 bits per heavy atom. The third-order valence-corrected chi connectivity index (χ3v) is 3.11. The van der Waals surface area contributed by atoms with Crippen molar-refractivity contribution < 1.29 is 9.53 Å². The van der Waals surface area contributed by atoms with Gasteiger partial charge in [0.1, 0.15) is 5.75 Å². The van der Waals surface area contributed by atoms with E-state index in [4.69, 9.17) is 16.3 Å². The van der Waals surface area contributed by atoms with E-state index in [-0.39, 0.29) is 5.91 Å². The number of carbonyl (C=O) groups is 1. The molecule has 1 aromatic carbocycles. The Morgan fingerprint density at radius 2 is 1.76 bits per heavy atom. The highest BCUT2D eigenvalue weighted by atomic mass is 35.5. The smallest absolute Gasteiger partial charge is 0.262 e. The second-order valence-corrected chi connectivity index (χ2v) is 4.74. The van der Waals surface area contributed by atoms with Gasteiger partial charge in [-0.05, 0) is 44.0 Å². The first-order valence-corrected chi connectivity index (χ1v) is 5.85. The molecule has 0 saturated heterocycles. The highest BCUT2D eigenvalue weighted by Gasteiger charge is 2.17. The SMILES string of the molecule is Cc1cc(OC(C)C(=O)N(C)C)cc(C)c1Cl. The number of aryl methyl sites for hydroxylation is 2. The van der Waals surface area contributed by atoms with Crippen LogP contribution in [0.15, 0.2) is 12.1 Å². The van der Waals surface area contributed by atoms with Crippen molar-refractivity contribution in [1.29, 1.82) is 0 Å². The summed E-state index contributed by atoms with van der Waals surface area (Å²) in [7, 11) is 3.42. The van der Waals surface area contributed by atoms with Gasteiger partial charge in [-0.2, -0.15) is 0 Å². The highest BCUT2D eigenvalue weighted by Crippen LogP contribution is 2.26. The third-order valence-electron chi connectivity index (χ3n) is 2.51. The van der Waals surface area contributed by atoms with E-state index in [1.807, 2.05) is 26.0 Å². The van der Waals surface area contributed by atoms with Gasteiger partial charge in [0.25, 0.3) is 5.91 Å². The number of hydrogen-bond acceptors (Lipinski definition) is 2. The van der Waals surface area contributed by atoms with Crippen molar-refractivity contribution in [3.63, 3.8) is 0 Å². The molecular formula is C13H18ClNO2. The molecule has 0 radical (unpaired) electrons. The van der Waals surface area contributed by atoms with Crippen LogP contribution in [0.2, 0.25) is 5.02 Å². The minimum atomic E-state index is -0.495. The fraction of sp³-hybridized carbons (Fsp3) is 0.462. The predicted octanol–water partition coefficient (Wildman–Crippen LogP) is 2.81. The topological polar surface area (TPSA) is 29.5 Å². The average Bonchev–Trinajstić information content (AvgIpc) is 2.24. The van der Waals surface area contributed by atoms with Crippen molar-refractivity contribution in [3.05, 3.63) is 28.3 Å². The van der Waals surface area contributed by atoms with E-state index in [9.17, 15) is 4.79 Å². The molecule has 0 saturated carbocycles. The molecule has 1 aromatic rings. The number of carbonyl (C=O) groups excluding carboxylic acids is 1. The van der Waals surface area contributed by atoms with E-state index in [1.54, 1.807) is 21.0 Å². The maximum atomic E-state index is 11.7. The Labute approximate surface area is 107 Å². The van der Waals surface area contributed by atoms with Crippen LogP contribution >= 0.6 is 11.6 Å². The molecule has 4 heteroatoms. The molecule has 0 bridgehead atoms. The van der Waals surface area contributed by atoms with Crippen LogP contribution in [0, 0.1) is 13.8 Å². The standard InChI is InChI=1S/C13H18ClNO2/c1-8-6-11(7-9(2)12(8)14)17-10(3)13(16)15(4)5/h6-7,10H,1-5H3. The molecule has 94 valence electrons. The molecule has 0 aliphatic carbocycles. The lowest BCUT2D eigenvalue weighted by molar-refractivity contribution is -0.135. The van der Waals surface area contributed by atoms with Crippen LogP contribution in [0.1, 0.15) is 18.1 Å². The molecule has 1 unspecified atom stereocenters. The van der Waals surface area contributed by atoms with Crippen molar-refractivity contribution in [1.82, 2.24) is 4.90 Å². The van der Waals surface area contributed by atoms with Crippen LogP contribution in [0.25, 0.3) is 0 Å². The highest BCUT2D eigenvalue weighted by molar-refractivity contribution is 6.32. The lowest BCUT2D eigenvalue weighted by Gasteiger charge is -2.19. The zero-order chi connectivity index (χ0) is 13.2. The number of likely N-dealkylation sites (N-methyl/N-ethyl adjacent to an activating group) is 1. The van der Waals surface area contributed by atoms with Gasteiger partial charge in [0.2, 0.25) is 0 Å². The number of nitrogens with zero attached hydrogens (tertiary/aromatic N) is 1. The van der Waals surface area contributed by atoms with Gasteiger partial charge in [-0.3, -0.25) is 4.79 Å². The zero-order valence-electron chi connectivity index (χ0n) is 10.9. The molecular weight excluding hydrogens is 238 g/mol. The summed E-state index contributed by atoms with van der Waals surface area (Å²) in [5.74, 6) is 0.613. The van der Waals surface area contributed by atoms with Gasteiger partial charge in [-0.1, -0.05) is 11.6 Å². The Kier molecular flexibility index (Phi) is 4.40. The molecule has 0 fully saturated rings. The van der Waals surface area contributed by atoms with Gasteiger partial charge in [0, 0.05) is 19.1 Å². The van der Waals surface area contributed by atoms with Crippen molar-refractivity contribution in [2.45, 2.75) is 26.9 Å². The molecule has 0 heterocycles. The molecule has 0 N–H and O–H groups in total. The third kappa shape index (κ3) is 3.37. The summed E-state index contributed by atoms with van der Waals surface area (Å²) in [4.78, 5) is 13.2. The summed E-state index contributed by atoms with van der Waals surface area (Å²) in [6.45, 7) is 5.57. The predicted molar refractivity (Wildman–Crippen MR) is 69.7 cm³/mol. The molecule has 0 aliphatic rings. The Morgan fingerprint density at radius 3 is 2.18 bits per heavy atom. The number of amides is 1. The van der Waals surface area contributed by atoms with E-state index in [1.165, 1.54) is 4.90 Å². The van der Waals surface area contributed by atoms with E-state index >= 15 is 0 Å². The first-order valence-electron chi connectivity index (χ1n) is 5.47. The monoisotopic (exact) mass is 255 g/mol. The molecule has 17 heavy (non-hydrogen) atoms. The van der Waals surface area contributed by atoms with Crippen molar-refractivity contribution in [3.8, 4) is 5.75 Å². The zero-order valence-corrected chi connectivity index (χ0v) is 11.6. The number of ether oxygens (including phenoxy) is 1. The van der Waals surface area contributed by atoms with Crippen LogP contribution in [0.3, 0.4) is 0 Å². The van der Waals surface area contributed by atoms with Crippen molar-refractivity contribution >= 4 is 17.5 Å². The first kappa shape index (κ1) is 13.8. The summed E-state index contributed by atoms with van der Waals surface area (Å²) in [6.07, 6.45) is -0.495. The minimum Gasteiger partial charge on any atom is -0.481 e. The Hall–Kier alpha value is -1.22. The van der Waals surface area contributed by atoms with Crippen LogP contribution in [-0.2, 0) is 4.79 Å². The average molecular weight is 256 g/mol. The largest absolute Gasteiger partial charge is 0.481 e. The second kappa shape index (κ2) is 5.41. The first-order chi connectivity index (χ1) is 7.82. The Balaban J connectivity index is 2.86. The lowest BCUT2D eigenvalue weighted by atomic mass is 10.1. The van der Waals surface area contributed by atoms with E-state index in [0.717, 1.165) is 16.1 Å². The number of hydrogen-bond donors (Lipinski definition) is 0. The van der Waals surface area contributed by atoms with Gasteiger partial charge in [0.05, 0.1) is 0 Å². The van der Waals surface area contributed by atoms with Gasteiger partial charge in [-0.25, -0.2) is 0 Å². The summed E-state index contributed by atoms with van der Waals surface area (Å²) >= 11 is 6.07. The van der Waals surface area contributed by atoms with Gasteiger partial charge in [-0.15, -0.1) is 0 Å². The second-order valence-electron chi connectivity index (χ2n) is 4.36. The van der Waals surface area contributed by atoms with Crippen LogP contribution in [-0.4, -0.2) is 31.0 Å². The molecule has 1 rings (SSSR count). The number of benzene rings is 1. The van der Waals surface area contributed by atoms with Gasteiger partial charge >= 0.3 is 0 Å². The van der Waals surface area contributed by atoms with E-state index < -0.39 is 6.10 Å². The molecule has 0 aliphatic heterocycles. The number of halogens is 1. The minimum absolute atomic E-state index is 0.0599. The van der Waals surface area contributed by atoms with Crippen LogP contribution in [0.4, 0.5) is 0 Å². The number of rotatable bonds is 3. The van der Waals surface area contributed by atoms with Crippen molar-refractivity contribution in [2.75, 3.05) is 14.1 Å². The summed E-state index contributed by atoms with van der Waals surface area (Å²) in [5, 5.41) is 0.740. The maximum absolute atomic E-state index is 11.7. The molecule has 0 aromatic heterocycles. The lowest BCUT2D eigenvalue weighted by Crippen LogP contribution is -2.35. The van der Waals surface area contributed by atoms with Gasteiger partial charge < -0.3 is 9.64 Å². The van der Waals surface area contributed by atoms with Gasteiger partial charge in [0.15, 0.2) is 6.10 Å². The van der Waals surface area contributed by atoms with Crippen LogP contribution in [0.5, 0.6) is 5.75 Å². The molecule has 3 nitrogen and oxygen atoms in total. The molecule has 1 amide bonds. The van der Waals surface area contributed by atoms with Crippen molar-refractivity contribution in [2.24, 2.45) is 0 Å². The van der Waals surface area contributed by atoms with Crippen LogP contribution < -0.4 is 4.74 Å². The summed E-state index contributed by atoms with van der Waals surface area (Å²) < 4.78 is 5.60. The summed E-state index contributed by atoms with van der Waals surface area (Å²) in [6, 6.07) is 3.68. The quantitative estimate of drug-likeness (QED) is 0.831. The fourth-order valence-electron chi connectivity index (χ4n) is 1.59. The molecule has 0 spiro atoms. The van der Waals surface area contributed by atoms with E-state index in [0.29, 0.717) is 5.75 Å². The normalized spacial score (nSPS) is 12.1.